The minimum absolute atomic E-state index is 0.259. The molecule has 0 fully saturated rings. The number of fused-ring (bicyclic) bond motifs is 1. The van der Waals surface area contributed by atoms with E-state index in [-0.39, 0.29) is 5.75 Å². The second kappa shape index (κ2) is 11.2. The lowest BCUT2D eigenvalue weighted by atomic mass is 9.86. The molecule has 7 nitrogen and oxygen atoms in total. The molecule has 0 saturated heterocycles. The van der Waals surface area contributed by atoms with Gasteiger partial charge in [-0.15, -0.1) is 0 Å². The molecule has 0 spiro atoms. The summed E-state index contributed by atoms with van der Waals surface area (Å²) in [5, 5.41) is 10.8. The van der Waals surface area contributed by atoms with Crippen molar-refractivity contribution in [2.24, 2.45) is 0 Å². The minimum Gasteiger partial charge on any atom is -0.493 e. The van der Waals surface area contributed by atoms with E-state index < -0.39 is 27.7 Å². The highest BCUT2D eigenvalue weighted by atomic mass is 35.5. The fourth-order valence-corrected chi connectivity index (χ4v) is 6.24. The number of carbonyl (C=O) groups is 1. The first-order chi connectivity index (χ1) is 18.2. The smallest absolute Gasteiger partial charge is 0.337 e. The molecule has 0 amide bonds. The summed E-state index contributed by atoms with van der Waals surface area (Å²) in [5.74, 6) is -0.588. The van der Waals surface area contributed by atoms with Crippen molar-refractivity contribution in [3.05, 3.63) is 81.4 Å². The second-order valence-electron chi connectivity index (χ2n) is 10.9. The van der Waals surface area contributed by atoms with E-state index in [4.69, 9.17) is 21.1 Å². The van der Waals surface area contributed by atoms with E-state index in [0.29, 0.717) is 39.6 Å². The second-order valence-corrected chi connectivity index (χ2v) is 13.0. The number of hydrogen-bond donors (Lipinski definition) is 2. The number of ether oxygens (including phenoxy) is 2. The Morgan fingerprint density at radius 2 is 1.82 bits per heavy atom. The van der Waals surface area contributed by atoms with Crippen LogP contribution in [-0.2, 0) is 31.7 Å². The number of sulfonamides is 1. The zero-order valence-corrected chi connectivity index (χ0v) is 24.4. The fourth-order valence-electron chi connectivity index (χ4n) is 4.86. The summed E-state index contributed by atoms with van der Waals surface area (Å²) >= 11 is 5.94. The van der Waals surface area contributed by atoms with Crippen LogP contribution in [0.5, 0.6) is 5.75 Å². The molecule has 1 atom stereocenters. The predicted molar refractivity (Wildman–Crippen MR) is 154 cm³/mol. The van der Waals surface area contributed by atoms with Crippen LogP contribution in [0.1, 0.15) is 61.1 Å². The summed E-state index contributed by atoms with van der Waals surface area (Å²) in [6.07, 6.45) is 0.437. The van der Waals surface area contributed by atoms with Gasteiger partial charge in [0.25, 0.3) is 0 Å². The lowest BCUT2D eigenvalue weighted by molar-refractivity contribution is -0.160. The summed E-state index contributed by atoms with van der Waals surface area (Å²) in [6.45, 7) is 9.61. The molecule has 1 unspecified atom stereocenters. The van der Waals surface area contributed by atoms with Crippen molar-refractivity contribution in [1.82, 2.24) is 0 Å². The first kappa shape index (κ1) is 28.9. The Hall–Kier alpha value is -3.07. The molecule has 4 rings (SSSR count). The molecule has 0 aromatic heterocycles. The van der Waals surface area contributed by atoms with Gasteiger partial charge >= 0.3 is 5.97 Å². The summed E-state index contributed by atoms with van der Waals surface area (Å²) in [5.41, 5.74) is 4.33. The number of rotatable bonds is 8. The summed E-state index contributed by atoms with van der Waals surface area (Å²) < 4.78 is 40.9. The van der Waals surface area contributed by atoms with E-state index in [9.17, 15) is 18.3 Å². The van der Waals surface area contributed by atoms with Gasteiger partial charge in [0.1, 0.15) is 5.75 Å². The molecule has 0 saturated carbocycles. The number of halogens is 1. The largest absolute Gasteiger partial charge is 0.493 e. The van der Waals surface area contributed by atoms with Crippen molar-refractivity contribution >= 4 is 33.3 Å². The van der Waals surface area contributed by atoms with Gasteiger partial charge in [0.15, 0.2) is 6.10 Å². The lowest BCUT2D eigenvalue weighted by Gasteiger charge is -2.30. The minimum atomic E-state index is -3.83. The van der Waals surface area contributed by atoms with Crippen molar-refractivity contribution in [1.29, 1.82) is 0 Å². The number of aliphatic carboxylic acids is 1. The SMILES string of the molecule is Cc1cc(NS(=O)(=O)Cc2ccc(Cl)cc2)c(C)c(C(OC(C)(C)C)C(=O)O)c1-c1ccc2c(c1)CCCO2. The third-order valence-corrected chi connectivity index (χ3v) is 8.02. The summed E-state index contributed by atoms with van der Waals surface area (Å²) in [6, 6.07) is 14.2. The van der Waals surface area contributed by atoms with Crippen LogP contribution in [0.3, 0.4) is 0 Å². The Labute approximate surface area is 235 Å². The highest BCUT2D eigenvalue weighted by molar-refractivity contribution is 7.91. The van der Waals surface area contributed by atoms with Crippen LogP contribution >= 0.6 is 11.6 Å². The number of carboxylic acid groups (broad SMARTS) is 1. The fraction of sp³-hybridized carbons (Fsp3) is 0.367. The molecule has 9 heteroatoms. The van der Waals surface area contributed by atoms with Gasteiger partial charge in [-0.3, -0.25) is 4.72 Å². The van der Waals surface area contributed by atoms with Crippen molar-refractivity contribution < 1.29 is 27.8 Å². The Morgan fingerprint density at radius 1 is 1.13 bits per heavy atom. The van der Waals surface area contributed by atoms with E-state index in [1.165, 1.54) is 0 Å². The molecule has 1 aliphatic rings. The monoisotopic (exact) mass is 571 g/mol. The molecule has 39 heavy (non-hydrogen) atoms. The molecule has 208 valence electrons. The number of benzene rings is 3. The first-order valence-electron chi connectivity index (χ1n) is 12.8. The van der Waals surface area contributed by atoms with E-state index >= 15 is 0 Å². The van der Waals surface area contributed by atoms with E-state index in [1.807, 2.05) is 25.1 Å². The quantitative estimate of drug-likeness (QED) is 0.307. The average molecular weight is 572 g/mol. The number of anilines is 1. The molecular weight excluding hydrogens is 538 g/mol. The van der Waals surface area contributed by atoms with Crippen molar-refractivity contribution in [2.75, 3.05) is 11.3 Å². The van der Waals surface area contributed by atoms with Gasteiger partial charge < -0.3 is 14.6 Å². The molecular formula is C30H34ClNO6S. The van der Waals surface area contributed by atoms with Crippen LogP contribution in [0, 0.1) is 13.8 Å². The highest BCUT2D eigenvalue weighted by Gasteiger charge is 2.33. The highest BCUT2D eigenvalue weighted by Crippen LogP contribution is 2.42. The molecule has 1 aliphatic heterocycles. The molecule has 3 aromatic carbocycles. The van der Waals surface area contributed by atoms with Crippen LogP contribution in [0.4, 0.5) is 5.69 Å². The molecule has 0 bridgehead atoms. The number of aryl methyl sites for hydroxylation is 2. The van der Waals surface area contributed by atoms with Crippen LogP contribution in [0.25, 0.3) is 11.1 Å². The van der Waals surface area contributed by atoms with Gasteiger partial charge in [-0.2, -0.15) is 0 Å². The third kappa shape index (κ3) is 6.93. The van der Waals surface area contributed by atoms with Crippen LogP contribution in [0.15, 0.2) is 48.5 Å². The van der Waals surface area contributed by atoms with Gasteiger partial charge in [0.05, 0.1) is 23.6 Å². The van der Waals surface area contributed by atoms with Crippen molar-refractivity contribution in [2.45, 2.75) is 64.9 Å². The summed E-state index contributed by atoms with van der Waals surface area (Å²) in [4.78, 5) is 12.6. The standard InChI is InChI=1S/C30H34ClNO6S/c1-18-15-24(32-39(35,36)17-20-8-11-23(31)12-9-20)19(2)27(28(29(33)34)38-30(3,4)5)26(18)22-10-13-25-21(16-22)7-6-14-37-25/h8-13,15-16,28,32H,6-7,14,17H2,1-5H3,(H,33,34). The number of carboxylic acids is 1. The van der Waals surface area contributed by atoms with Gasteiger partial charge in [-0.1, -0.05) is 29.8 Å². The van der Waals surface area contributed by atoms with Gasteiger partial charge in [-0.25, -0.2) is 13.2 Å². The molecule has 3 aromatic rings. The Morgan fingerprint density at radius 3 is 2.46 bits per heavy atom. The Bertz CT molecular complexity index is 1490. The first-order valence-corrected chi connectivity index (χ1v) is 14.8. The Kier molecular flexibility index (Phi) is 8.30. The van der Waals surface area contributed by atoms with Gasteiger partial charge in [0.2, 0.25) is 10.0 Å². The van der Waals surface area contributed by atoms with E-state index in [0.717, 1.165) is 35.3 Å². The predicted octanol–water partition coefficient (Wildman–Crippen LogP) is 6.83. The maximum Gasteiger partial charge on any atom is 0.337 e. The molecule has 0 aliphatic carbocycles. The normalized spacial score (nSPS) is 14.3. The van der Waals surface area contributed by atoms with Gasteiger partial charge in [-0.05, 0) is 111 Å². The van der Waals surface area contributed by atoms with Crippen LogP contribution < -0.4 is 9.46 Å². The Balaban J connectivity index is 1.85. The topological polar surface area (TPSA) is 102 Å². The average Bonchev–Trinajstić information content (AvgIpc) is 2.84. The third-order valence-electron chi connectivity index (χ3n) is 6.52. The number of hydrogen-bond acceptors (Lipinski definition) is 5. The molecule has 2 N–H and O–H groups in total. The number of nitrogens with one attached hydrogen (secondary N) is 1. The summed E-state index contributed by atoms with van der Waals surface area (Å²) in [7, 11) is -3.83. The van der Waals surface area contributed by atoms with E-state index in [1.54, 1.807) is 58.0 Å². The van der Waals surface area contributed by atoms with Gasteiger partial charge in [0, 0.05) is 10.6 Å². The van der Waals surface area contributed by atoms with Crippen molar-refractivity contribution in [3.63, 3.8) is 0 Å². The van der Waals surface area contributed by atoms with Crippen LogP contribution in [0.2, 0.25) is 5.02 Å². The molecule has 0 radical (unpaired) electrons. The van der Waals surface area contributed by atoms with Crippen LogP contribution in [-0.4, -0.2) is 31.7 Å². The zero-order chi connectivity index (χ0) is 28.5. The molecule has 1 heterocycles. The zero-order valence-electron chi connectivity index (χ0n) is 22.8. The van der Waals surface area contributed by atoms with Crippen molar-refractivity contribution in [3.8, 4) is 16.9 Å². The maximum absolute atomic E-state index is 13.2. The lowest BCUT2D eigenvalue weighted by Crippen LogP contribution is -2.29. The maximum atomic E-state index is 13.2. The van der Waals surface area contributed by atoms with E-state index in [2.05, 4.69) is 4.72 Å².